The topological polar surface area (TPSA) is 92.6 Å². The van der Waals surface area contributed by atoms with Crippen molar-refractivity contribution >= 4 is 38.9 Å². The summed E-state index contributed by atoms with van der Waals surface area (Å²) >= 11 is 1.48. The number of benzene rings is 2. The highest BCUT2D eigenvalue weighted by Gasteiger charge is 2.19. The van der Waals surface area contributed by atoms with E-state index < -0.39 is 0 Å². The van der Waals surface area contributed by atoms with E-state index in [1.807, 2.05) is 42.5 Å². The van der Waals surface area contributed by atoms with Gasteiger partial charge in [-0.25, -0.2) is 4.98 Å². The van der Waals surface area contributed by atoms with E-state index in [1.54, 1.807) is 0 Å². The molecule has 2 aromatic heterocycles. The largest absolute Gasteiger partial charge is 0.382 e. The maximum atomic E-state index is 9.54. The predicted octanol–water partition coefficient (Wildman–Crippen LogP) is 4.24. The number of aryl methyl sites for hydroxylation is 1. The number of nitrogens with zero attached hydrogens (tertiary/aromatic N) is 4. The molecule has 3 N–H and O–H groups in total. The molecule has 0 radical (unpaired) electrons. The van der Waals surface area contributed by atoms with Gasteiger partial charge in [0.25, 0.3) is 0 Å². The third-order valence-electron chi connectivity index (χ3n) is 4.09. The number of nitriles is 1. The maximum absolute atomic E-state index is 9.54. The van der Waals surface area contributed by atoms with Crippen molar-refractivity contribution in [3.8, 4) is 11.2 Å². The minimum atomic E-state index is 0.278. The number of hydrogen-bond acceptors (Lipinski definition) is 6. The summed E-state index contributed by atoms with van der Waals surface area (Å²) < 4.78 is 2.57. The second-order valence-corrected chi connectivity index (χ2v) is 6.78. The molecule has 0 bridgehead atoms. The third-order valence-corrected chi connectivity index (χ3v) is 5.11. The number of para-hydroxylation sites is 1. The molecular formula is C19H16N6S. The van der Waals surface area contributed by atoms with Crippen LogP contribution >= 0.6 is 11.3 Å². The lowest BCUT2D eigenvalue weighted by Gasteiger charge is -2.05. The Kier molecular flexibility index (Phi) is 4.03. The molecule has 0 unspecified atom stereocenters. The van der Waals surface area contributed by atoms with E-state index >= 15 is 0 Å². The number of nitrogen functional groups attached to an aromatic ring is 1. The fraction of sp³-hybridized carbons (Fsp3) is 0.105. The van der Waals surface area contributed by atoms with Crippen LogP contribution in [0.3, 0.4) is 0 Å². The van der Waals surface area contributed by atoms with Crippen molar-refractivity contribution in [1.82, 2.24) is 14.8 Å². The first kappa shape index (κ1) is 16.1. The van der Waals surface area contributed by atoms with Crippen molar-refractivity contribution in [3.63, 3.8) is 0 Å². The summed E-state index contributed by atoms with van der Waals surface area (Å²) in [6.07, 6.45) is 0.933. The molecule has 0 aliphatic heterocycles. The van der Waals surface area contributed by atoms with E-state index in [-0.39, 0.29) is 5.82 Å². The molecule has 0 atom stereocenters. The quantitative estimate of drug-likeness (QED) is 0.568. The van der Waals surface area contributed by atoms with Crippen LogP contribution in [0.15, 0.2) is 48.5 Å². The molecule has 4 aromatic rings. The molecule has 4 rings (SSSR count). The van der Waals surface area contributed by atoms with E-state index in [0.717, 1.165) is 22.3 Å². The number of fused-ring (bicyclic) bond motifs is 1. The molecule has 0 fully saturated rings. The van der Waals surface area contributed by atoms with Crippen LogP contribution in [-0.4, -0.2) is 14.8 Å². The van der Waals surface area contributed by atoms with Gasteiger partial charge in [0.2, 0.25) is 5.13 Å². The van der Waals surface area contributed by atoms with Crippen LogP contribution in [0.5, 0.6) is 0 Å². The van der Waals surface area contributed by atoms with Crippen LogP contribution in [0.2, 0.25) is 0 Å². The second-order valence-electron chi connectivity index (χ2n) is 5.78. The Hall–Kier alpha value is -3.37. The number of thiazole rings is 1. The first-order valence-corrected chi connectivity index (χ1v) is 9.01. The number of aromatic nitrogens is 3. The number of rotatable bonds is 4. The summed E-state index contributed by atoms with van der Waals surface area (Å²) in [4.78, 5) is 4.57. The van der Waals surface area contributed by atoms with Crippen molar-refractivity contribution in [2.75, 3.05) is 11.1 Å². The highest BCUT2D eigenvalue weighted by atomic mass is 32.1. The van der Waals surface area contributed by atoms with Crippen LogP contribution in [0.25, 0.3) is 15.3 Å². The Morgan fingerprint density at radius 3 is 2.85 bits per heavy atom. The third kappa shape index (κ3) is 2.76. The van der Waals surface area contributed by atoms with Crippen molar-refractivity contribution in [2.24, 2.45) is 0 Å². The monoisotopic (exact) mass is 360 g/mol. The zero-order chi connectivity index (χ0) is 18.1. The van der Waals surface area contributed by atoms with Crippen LogP contribution in [0.4, 0.5) is 17.3 Å². The fourth-order valence-corrected chi connectivity index (χ4v) is 3.66. The second kappa shape index (κ2) is 6.50. The number of hydrogen-bond donors (Lipinski definition) is 2. The summed E-state index contributed by atoms with van der Waals surface area (Å²) in [5, 5.41) is 17.9. The summed E-state index contributed by atoms with van der Waals surface area (Å²) in [7, 11) is 0. The highest BCUT2D eigenvalue weighted by molar-refractivity contribution is 7.20. The fourth-order valence-electron chi connectivity index (χ4n) is 2.73. The Morgan fingerprint density at radius 1 is 1.23 bits per heavy atom. The first-order valence-electron chi connectivity index (χ1n) is 8.20. The first-order chi connectivity index (χ1) is 12.7. The molecule has 128 valence electrons. The van der Waals surface area contributed by atoms with Gasteiger partial charge in [-0.2, -0.15) is 9.94 Å². The van der Waals surface area contributed by atoms with Crippen LogP contribution < -0.4 is 11.1 Å². The van der Waals surface area contributed by atoms with Crippen molar-refractivity contribution in [1.29, 1.82) is 5.26 Å². The SMILES string of the molecule is CCc1cccc(Nc2nn(-c3nc4ccccc4s3)c(N)c2C#N)c1. The highest BCUT2D eigenvalue weighted by Crippen LogP contribution is 2.31. The zero-order valence-corrected chi connectivity index (χ0v) is 14.9. The number of nitrogens with two attached hydrogens (primary N) is 1. The van der Waals surface area contributed by atoms with Gasteiger partial charge in [-0.15, -0.1) is 5.10 Å². The lowest BCUT2D eigenvalue weighted by atomic mass is 10.1. The lowest BCUT2D eigenvalue weighted by Crippen LogP contribution is -2.01. The molecule has 26 heavy (non-hydrogen) atoms. The molecule has 2 aromatic carbocycles. The van der Waals surface area contributed by atoms with E-state index in [0.29, 0.717) is 16.5 Å². The van der Waals surface area contributed by atoms with Gasteiger partial charge in [-0.3, -0.25) is 0 Å². The number of nitrogens with one attached hydrogen (secondary N) is 1. The van der Waals surface area contributed by atoms with Crippen LogP contribution in [-0.2, 0) is 6.42 Å². The maximum Gasteiger partial charge on any atom is 0.213 e. The molecule has 2 heterocycles. The van der Waals surface area contributed by atoms with E-state index in [1.165, 1.54) is 21.6 Å². The average molecular weight is 360 g/mol. The minimum Gasteiger partial charge on any atom is -0.382 e. The summed E-state index contributed by atoms with van der Waals surface area (Å²) in [5.41, 5.74) is 9.45. The number of anilines is 3. The Bertz CT molecular complexity index is 1100. The summed E-state index contributed by atoms with van der Waals surface area (Å²) in [6.45, 7) is 2.10. The molecule has 0 aliphatic rings. The van der Waals surface area contributed by atoms with Gasteiger partial charge < -0.3 is 11.1 Å². The van der Waals surface area contributed by atoms with Crippen molar-refractivity contribution in [3.05, 3.63) is 59.7 Å². The van der Waals surface area contributed by atoms with Gasteiger partial charge in [-0.05, 0) is 36.2 Å². The molecular weight excluding hydrogens is 344 g/mol. The molecule has 0 amide bonds. The molecule has 0 spiro atoms. The van der Waals surface area contributed by atoms with Gasteiger partial charge >= 0.3 is 0 Å². The standard InChI is InChI=1S/C19H16N6S/c1-2-12-6-5-7-13(10-12)22-18-14(11-20)17(21)25(24-18)19-23-15-8-3-4-9-16(15)26-19/h3-10H,2,21H2,1H3,(H,22,24). The molecule has 6 nitrogen and oxygen atoms in total. The van der Waals surface area contributed by atoms with Gasteiger partial charge in [0.1, 0.15) is 17.5 Å². The lowest BCUT2D eigenvalue weighted by molar-refractivity contribution is 0.887. The van der Waals surface area contributed by atoms with Crippen LogP contribution in [0.1, 0.15) is 18.1 Å². The summed E-state index contributed by atoms with van der Waals surface area (Å²) in [6, 6.07) is 18.0. The minimum absolute atomic E-state index is 0.278. The zero-order valence-electron chi connectivity index (χ0n) is 14.1. The molecule has 0 saturated carbocycles. The van der Waals surface area contributed by atoms with Crippen molar-refractivity contribution in [2.45, 2.75) is 13.3 Å². The average Bonchev–Trinajstić information content (AvgIpc) is 3.22. The van der Waals surface area contributed by atoms with Gasteiger partial charge in [-0.1, -0.05) is 42.5 Å². The smallest absolute Gasteiger partial charge is 0.213 e. The predicted molar refractivity (Wildman–Crippen MR) is 105 cm³/mol. The Labute approximate surface area is 154 Å². The Balaban J connectivity index is 1.77. The normalized spacial score (nSPS) is 10.8. The van der Waals surface area contributed by atoms with Crippen molar-refractivity contribution < 1.29 is 0 Å². The van der Waals surface area contributed by atoms with Gasteiger partial charge in [0.15, 0.2) is 5.82 Å². The van der Waals surface area contributed by atoms with E-state index in [9.17, 15) is 5.26 Å². The van der Waals surface area contributed by atoms with Gasteiger partial charge in [0.05, 0.1) is 10.2 Å². The summed E-state index contributed by atoms with van der Waals surface area (Å²) in [5.74, 6) is 0.707. The molecule has 0 aliphatic carbocycles. The molecule has 7 heteroatoms. The van der Waals surface area contributed by atoms with Crippen LogP contribution in [0, 0.1) is 11.3 Å². The van der Waals surface area contributed by atoms with Gasteiger partial charge in [0, 0.05) is 5.69 Å². The van der Waals surface area contributed by atoms with E-state index in [2.05, 4.69) is 34.5 Å². The Morgan fingerprint density at radius 2 is 2.08 bits per heavy atom. The molecule has 0 saturated heterocycles. The van der Waals surface area contributed by atoms with E-state index in [4.69, 9.17) is 5.73 Å².